The molecule has 180 valence electrons. The van der Waals surface area contributed by atoms with Crippen LogP contribution in [0.5, 0.6) is 0 Å². The van der Waals surface area contributed by atoms with Crippen molar-refractivity contribution in [1.82, 2.24) is 19.9 Å². The van der Waals surface area contributed by atoms with Gasteiger partial charge in [0.1, 0.15) is 11.8 Å². The van der Waals surface area contributed by atoms with Crippen LogP contribution in [-0.2, 0) is 16.3 Å². The zero-order valence-electron chi connectivity index (χ0n) is 19.7. The summed E-state index contributed by atoms with van der Waals surface area (Å²) in [5, 5.41) is 0. The van der Waals surface area contributed by atoms with Crippen LogP contribution in [0.4, 0.5) is 17.5 Å². The molecule has 1 saturated heterocycles. The van der Waals surface area contributed by atoms with Gasteiger partial charge < -0.3 is 14.2 Å². The molecule has 1 aromatic carbocycles. The lowest BCUT2D eigenvalue weighted by atomic mass is 9.90. The SMILES string of the molecule is Cc1cnc(N2CCC(c3coc4c(N5CCc6cc(S(C)(=O)=O)ccc65)ncnc34)CC2)nc1. The third-order valence-electron chi connectivity index (χ3n) is 6.98. The quantitative estimate of drug-likeness (QED) is 0.422. The van der Waals surface area contributed by atoms with Gasteiger partial charge in [0, 0.05) is 49.5 Å². The molecule has 0 saturated carbocycles. The Bertz CT molecular complexity index is 1510. The summed E-state index contributed by atoms with van der Waals surface area (Å²) in [6.07, 6.45) is 11.0. The van der Waals surface area contributed by atoms with Crippen molar-refractivity contribution in [2.75, 3.05) is 35.7 Å². The molecule has 0 N–H and O–H groups in total. The highest BCUT2D eigenvalue weighted by molar-refractivity contribution is 7.90. The van der Waals surface area contributed by atoms with E-state index in [1.54, 1.807) is 18.5 Å². The summed E-state index contributed by atoms with van der Waals surface area (Å²) >= 11 is 0. The van der Waals surface area contributed by atoms with E-state index >= 15 is 0 Å². The van der Waals surface area contributed by atoms with E-state index in [9.17, 15) is 8.42 Å². The average Bonchev–Trinajstić information content (AvgIpc) is 3.48. The van der Waals surface area contributed by atoms with E-state index in [0.29, 0.717) is 22.9 Å². The lowest BCUT2D eigenvalue weighted by Gasteiger charge is -2.31. The molecule has 6 rings (SSSR count). The van der Waals surface area contributed by atoms with Crippen LogP contribution in [0.2, 0.25) is 0 Å². The third kappa shape index (κ3) is 3.91. The third-order valence-corrected chi connectivity index (χ3v) is 8.09. The van der Waals surface area contributed by atoms with Gasteiger partial charge in [-0.2, -0.15) is 0 Å². The monoisotopic (exact) mass is 490 g/mol. The number of fused-ring (bicyclic) bond motifs is 2. The number of furan rings is 1. The fourth-order valence-corrected chi connectivity index (χ4v) is 5.78. The van der Waals surface area contributed by atoms with Gasteiger partial charge in [-0.1, -0.05) is 0 Å². The highest BCUT2D eigenvalue weighted by Gasteiger charge is 2.29. The normalized spacial score (nSPS) is 16.7. The number of benzene rings is 1. The maximum atomic E-state index is 12.0. The summed E-state index contributed by atoms with van der Waals surface area (Å²) in [5.41, 5.74) is 5.65. The van der Waals surface area contributed by atoms with Gasteiger partial charge in [-0.05, 0) is 61.4 Å². The number of nitrogens with zero attached hydrogens (tertiary/aromatic N) is 6. The Hall–Kier alpha value is -3.53. The summed E-state index contributed by atoms with van der Waals surface area (Å²) < 4.78 is 30.0. The molecule has 10 heteroatoms. The lowest BCUT2D eigenvalue weighted by molar-refractivity contribution is 0.493. The van der Waals surface area contributed by atoms with Gasteiger partial charge in [-0.3, -0.25) is 0 Å². The zero-order chi connectivity index (χ0) is 24.2. The number of sulfone groups is 1. The molecule has 0 atom stereocenters. The predicted octanol–water partition coefficient (Wildman–Crippen LogP) is 3.80. The molecule has 9 nitrogen and oxygen atoms in total. The highest BCUT2D eigenvalue weighted by Crippen LogP contribution is 2.41. The van der Waals surface area contributed by atoms with Crippen molar-refractivity contribution in [2.45, 2.75) is 37.0 Å². The van der Waals surface area contributed by atoms with Gasteiger partial charge in [0.15, 0.2) is 21.2 Å². The smallest absolute Gasteiger partial charge is 0.225 e. The van der Waals surface area contributed by atoms with Gasteiger partial charge in [-0.15, -0.1) is 0 Å². The Kier molecular flexibility index (Phi) is 5.21. The molecule has 1 fully saturated rings. The van der Waals surface area contributed by atoms with Crippen LogP contribution >= 0.6 is 0 Å². The Labute approximate surface area is 203 Å². The first kappa shape index (κ1) is 22.0. The molecule has 3 aromatic heterocycles. The summed E-state index contributed by atoms with van der Waals surface area (Å²) in [5.74, 6) is 1.84. The molecular formula is C25H26N6O3S. The highest BCUT2D eigenvalue weighted by atomic mass is 32.2. The van der Waals surface area contributed by atoms with Gasteiger partial charge in [0.25, 0.3) is 0 Å². The fraction of sp³-hybridized carbons (Fsp3) is 0.360. The van der Waals surface area contributed by atoms with Crippen LogP contribution < -0.4 is 9.80 Å². The van der Waals surface area contributed by atoms with Crippen molar-refractivity contribution in [3.63, 3.8) is 0 Å². The number of rotatable bonds is 4. The van der Waals surface area contributed by atoms with Crippen LogP contribution in [0.3, 0.4) is 0 Å². The summed E-state index contributed by atoms with van der Waals surface area (Å²) in [7, 11) is -3.25. The molecule has 0 radical (unpaired) electrons. The van der Waals surface area contributed by atoms with Crippen LogP contribution in [0, 0.1) is 6.92 Å². The molecule has 5 heterocycles. The molecule has 35 heavy (non-hydrogen) atoms. The number of aromatic nitrogens is 4. The summed E-state index contributed by atoms with van der Waals surface area (Å²) in [4.78, 5) is 22.7. The van der Waals surface area contributed by atoms with Crippen LogP contribution in [0.15, 0.2) is 52.5 Å². The molecular weight excluding hydrogens is 464 g/mol. The minimum Gasteiger partial charge on any atom is -0.458 e. The predicted molar refractivity (Wildman–Crippen MR) is 133 cm³/mol. The van der Waals surface area contributed by atoms with Crippen LogP contribution in [0.25, 0.3) is 11.1 Å². The molecule has 4 aromatic rings. The number of hydrogen-bond donors (Lipinski definition) is 0. The van der Waals surface area contributed by atoms with E-state index in [1.165, 1.54) is 6.26 Å². The topological polar surface area (TPSA) is 105 Å². The summed E-state index contributed by atoms with van der Waals surface area (Å²) in [6, 6.07) is 5.28. The Morgan fingerprint density at radius 2 is 1.80 bits per heavy atom. The maximum absolute atomic E-state index is 12.0. The van der Waals surface area contributed by atoms with Crippen molar-refractivity contribution in [3.8, 4) is 0 Å². The zero-order valence-corrected chi connectivity index (χ0v) is 20.5. The second kappa shape index (κ2) is 8.30. The first-order chi connectivity index (χ1) is 16.9. The minimum atomic E-state index is -3.25. The first-order valence-electron chi connectivity index (χ1n) is 11.7. The Balaban J connectivity index is 1.26. The van der Waals surface area contributed by atoms with Crippen molar-refractivity contribution >= 4 is 38.4 Å². The molecule has 2 aliphatic rings. The van der Waals surface area contributed by atoms with Crippen molar-refractivity contribution < 1.29 is 12.8 Å². The molecule has 0 amide bonds. The number of hydrogen-bond acceptors (Lipinski definition) is 9. The van der Waals surface area contributed by atoms with E-state index < -0.39 is 9.84 Å². The van der Waals surface area contributed by atoms with E-state index in [1.807, 2.05) is 31.6 Å². The van der Waals surface area contributed by atoms with E-state index in [0.717, 1.165) is 72.0 Å². The lowest BCUT2D eigenvalue weighted by Crippen LogP contribution is -2.34. The molecule has 0 spiro atoms. The van der Waals surface area contributed by atoms with Gasteiger partial charge in [0.2, 0.25) is 5.95 Å². The Morgan fingerprint density at radius 3 is 2.54 bits per heavy atom. The van der Waals surface area contributed by atoms with E-state index in [4.69, 9.17) is 4.42 Å². The van der Waals surface area contributed by atoms with Crippen LogP contribution in [0.1, 0.15) is 35.4 Å². The maximum Gasteiger partial charge on any atom is 0.225 e. The van der Waals surface area contributed by atoms with Crippen molar-refractivity contribution in [2.24, 2.45) is 0 Å². The fourth-order valence-electron chi connectivity index (χ4n) is 5.11. The second-order valence-corrected chi connectivity index (χ2v) is 11.4. The van der Waals surface area contributed by atoms with E-state index in [-0.39, 0.29) is 0 Å². The Morgan fingerprint density at radius 1 is 1.03 bits per heavy atom. The molecule has 0 unspecified atom stereocenters. The van der Waals surface area contributed by atoms with Crippen molar-refractivity contribution in [1.29, 1.82) is 0 Å². The number of piperidine rings is 1. The minimum absolute atomic E-state index is 0.337. The number of aryl methyl sites for hydroxylation is 1. The average molecular weight is 491 g/mol. The number of anilines is 3. The standard InChI is InChI=1S/C25H26N6O3S/c1-16-12-26-25(27-13-16)30-8-5-17(6-9-30)20-14-34-23-22(20)28-15-29-24(23)31-10-7-18-11-19(35(2,32)33)3-4-21(18)31/h3-4,11-15,17H,5-10H2,1-2H3. The van der Waals surface area contributed by atoms with Gasteiger partial charge in [0.05, 0.1) is 11.2 Å². The van der Waals surface area contributed by atoms with Crippen molar-refractivity contribution in [3.05, 3.63) is 59.9 Å². The van der Waals surface area contributed by atoms with Gasteiger partial charge in [-0.25, -0.2) is 28.4 Å². The van der Waals surface area contributed by atoms with Crippen LogP contribution in [-0.4, -0.2) is 54.2 Å². The second-order valence-electron chi connectivity index (χ2n) is 9.35. The molecule has 2 aliphatic heterocycles. The summed E-state index contributed by atoms with van der Waals surface area (Å²) in [6.45, 7) is 4.45. The first-order valence-corrected chi connectivity index (χ1v) is 13.6. The largest absolute Gasteiger partial charge is 0.458 e. The van der Waals surface area contributed by atoms with E-state index in [2.05, 4.69) is 29.7 Å². The molecule has 0 bridgehead atoms. The van der Waals surface area contributed by atoms with Gasteiger partial charge >= 0.3 is 0 Å². The molecule has 0 aliphatic carbocycles.